The predicted octanol–water partition coefficient (Wildman–Crippen LogP) is 9.37. The number of para-hydroxylation sites is 2. The normalized spacial score (nSPS) is 17.3. The van der Waals surface area contributed by atoms with Crippen molar-refractivity contribution in [3.8, 4) is 11.5 Å². The summed E-state index contributed by atoms with van der Waals surface area (Å²) in [5.41, 5.74) is -0.0312. The van der Waals surface area contributed by atoms with Crippen molar-refractivity contribution in [1.29, 1.82) is 0 Å². The first-order chi connectivity index (χ1) is 21.1. The lowest BCUT2D eigenvalue weighted by Crippen LogP contribution is -2.31. The van der Waals surface area contributed by atoms with Crippen LogP contribution in [0.3, 0.4) is 0 Å². The third kappa shape index (κ3) is 26.9. The predicted molar refractivity (Wildman–Crippen MR) is 179 cm³/mol. The van der Waals surface area contributed by atoms with Crippen LogP contribution < -0.4 is 4.74 Å². The molecule has 0 saturated carbocycles. The standard InChI is InChI=1S/C12H10O.C8H18O.C5H10O.C4H8O2.C4H8O.C4H4O/c1-3-7-11(8-4-1)13-12-9-5-2-6-10-12;1-7(2,3)9-8(4,5)6;1-5-3-2-4-6-5;1-2-6-4-3-5-1;2*1-2-4-5-3-1/h1-10H;1-6H3;5H,2-4H2,1H3;1-4H2;1-4H2;1-4H. The lowest BCUT2D eigenvalue weighted by atomic mass is 10.1. The summed E-state index contributed by atoms with van der Waals surface area (Å²) in [5, 5.41) is 0. The number of ether oxygens (including phenoxy) is 6. The van der Waals surface area contributed by atoms with Gasteiger partial charge in [0.05, 0.1) is 56.3 Å². The van der Waals surface area contributed by atoms with E-state index >= 15 is 0 Å². The van der Waals surface area contributed by atoms with E-state index in [1.54, 1.807) is 12.5 Å². The summed E-state index contributed by atoms with van der Waals surface area (Å²) >= 11 is 0. The molecule has 0 radical (unpaired) electrons. The highest BCUT2D eigenvalue weighted by Crippen LogP contribution is 2.20. The van der Waals surface area contributed by atoms with Gasteiger partial charge in [0.25, 0.3) is 0 Å². The van der Waals surface area contributed by atoms with E-state index in [2.05, 4.69) is 52.9 Å². The maximum absolute atomic E-state index is 5.62. The van der Waals surface area contributed by atoms with E-state index < -0.39 is 0 Å². The molecule has 1 aromatic heterocycles. The summed E-state index contributed by atoms with van der Waals surface area (Å²) in [4.78, 5) is 0. The average molecular weight is 615 g/mol. The van der Waals surface area contributed by atoms with Gasteiger partial charge in [-0.15, -0.1) is 0 Å². The maximum atomic E-state index is 5.62. The zero-order valence-corrected chi connectivity index (χ0v) is 28.3. The minimum atomic E-state index is -0.0156. The Labute approximate surface area is 267 Å². The van der Waals surface area contributed by atoms with Crippen molar-refractivity contribution in [2.24, 2.45) is 0 Å². The molecule has 0 bridgehead atoms. The summed E-state index contributed by atoms with van der Waals surface area (Å²) in [7, 11) is 0. The second-order valence-corrected chi connectivity index (χ2v) is 12.2. The van der Waals surface area contributed by atoms with Gasteiger partial charge in [-0.05, 0) is 111 Å². The van der Waals surface area contributed by atoms with E-state index in [0.29, 0.717) is 6.10 Å². The van der Waals surface area contributed by atoms with Crippen molar-refractivity contribution >= 4 is 0 Å². The zero-order chi connectivity index (χ0) is 32.4. The van der Waals surface area contributed by atoms with Crippen molar-refractivity contribution in [3.05, 3.63) is 85.3 Å². The van der Waals surface area contributed by atoms with E-state index in [9.17, 15) is 0 Å². The summed E-state index contributed by atoms with van der Waals surface area (Å²) in [6, 6.07) is 23.2. The molecule has 2 aromatic carbocycles. The topological polar surface area (TPSA) is 68.5 Å². The molecule has 0 N–H and O–H groups in total. The van der Waals surface area contributed by atoms with Gasteiger partial charge in [0.15, 0.2) is 0 Å². The summed E-state index contributed by atoms with van der Waals surface area (Å²) in [5.74, 6) is 1.74. The first kappa shape index (κ1) is 39.3. The number of furan rings is 1. The first-order valence-electron chi connectivity index (χ1n) is 15.9. The highest BCUT2D eigenvalue weighted by Gasteiger charge is 2.20. The van der Waals surface area contributed by atoms with Gasteiger partial charge in [-0.25, -0.2) is 0 Å². The molecule has 3 aromatic rings. The van der Waals surface area contributed by atoms with Gasteiger partial charge < -0.3 is 32.8 Å². The average Bonchev–Trinajstić information content (AvgIpc) is 3.82. The minimum absolute atomic E-state index is 0.0156. The molecule has 3 aliphatic rings. The minimum Gasteiger partial charge on any atom is -0.473 e. The Bertz CT molecular complexity index is 880. The van der Waals surface area contributed by atoms with Crippen LogP contribution in [-0.4, -0.2) is 63.6 Å². The van der Waals surface area contributed by atoms with Crippen LogP contribution in [0.2, 0.25) is 0 Å². The molecule has 0 amide bonds. The highest BCUT2D eigenvalue weighted by atomic mass is 16.6. The monoisotopic (exact) mass is 614 g/mol. The van der Waals surface area contributed by atoms with E-state index in [4.69, 9.17) is 28.4 Å². The Morgan fingerprint density at radius 3 is 1.18 bits per heavy atom. The number of hydrogen-bond acceptors (Lipinski definition) is 7. The molecule has 248 valence electrons. The zero-order valence-electron chi connectivity index (χ0n) is 28.3. The first-order valence-corrected chi connectivity index (χ1v) is 15.9. The Morgan fingerprint density at radius 2 is 0.977 bits per heavy atom. The molecule has 7 heteroatoms. The smallest absolute Gasteiger partial charge is 0.127 e. The summed E-state index contributed by atoms with van der Waals surface area (Å²) in [6.07, 6.45) is 8.88. The molecule has 4 heterocycles. The van der Waals surface area contributed by atoms with Crippen LogP contribution in [0.4, 0.5) is 0 Å². The van der Waals surface area contributed by atoms with Crippen LogP contribution in [0.1, 0.15) is 74.1 Å². The van der Waals surface area contributed by atoms with Gasteiger partial charge in [0, 0.05) is 19.8 Å². The fourth-order valence-corrected chi connectivity index (χ4v) is 3.95. The van der Waals surface area contributed by atoms with E-state index in [0.717, 1.165) is 57.7 Å². The van der Waals surface area contributed by atoms with E-state index in [1.165, 1.54) is 25.7 Å². The molecule has 3 saturated heterocycles. The molecular weight excluding hydrogens is 556 g/mol. The number of hydrogen-bond donors (Lipinski definition) is 0. The molecule has 44 heavy (non-hydrogen) atoms. The van der Waals surface area contributed by atoms with Gasteiger partial charge in [-0.3, -0.25) is 0 Å². The van der Waals surface area contributed by atoms with Gasteiger partial charge in [0.2, 0.25) is 0 Å². The quantitative estimate of drug-likeness (QED) is 0.285. The Morgan fingerprint density at radius 1 is 0.545 bits per heavy atom. The van der Waals surface area contributed by atoms with Gasteiger partial charge in [0.1, 0.15) is 11.5 Å². The van der Waals surface area contributed by atoms with Crippen molar-refractivity contribution in [2.45, 2.75) is 91.5 Å². The molecular formula is C37H58O7. The number of rotatable bonds is 2. The fraction of sp³-hybridized carbons (Fsp3) is 0.568. The van der Waals surface area contributed by atoms with Crippen molar-refractivity contribution < 1.29 is 32.8 Å². The molecule has 3 aliphatic heterocycles. The van der Waals surface area contributed by atoms with Crippen LogP contribution in [0, 0.1) is 0 Å². The van der Waals surface area contributed by atoms with Crippen LogP contribution in [0.5, 0.6) is 11.5 Å². The van der Waals surface area contributed by atoms with Crippen LogP contribution >= 0.6 is 0 Å². The third-order valence-electron chi connectivity index (χ3n) is 5.49. The molecule has 6 rings (SSSR count). The number of benzene rings is 2. The van der Waals surface area contributed by atoms with Gasteiger partial charge >= 0.3 is 0 Å². The van der Waals surface area contributed by atoms with Gasteiger partial charge in [-0.2, -0.15) is 0 Å². The van der Waals surface area contributed by atoms with E-state index in [1.807, 2.05) is 72.8 Å². The SMILES string of the molecule is C1CCOC1.C1COCCO1.CC(C)(C)OC(C)(C)C.CC1CCCO1.c1ccc(Oc2ccccc2)cc1.c1ccoc1. The Hall–Kier alpha value is -2.68. The summed E-state index contributed by atoms with van der Waals surface area (Å²) < 4.78 is 35.8. The maximum Gasteiger partial charge on any atom is 0.127 e. The molecule has 3 fully saturated rings. The van der Waals surface area contributed by atoms with Crippen molar-refractivity contribution in [1.82, 2.24) is 0 Å². The van der Waals surface area contributed by atoms with Crippen molar-refractivity contribution in [3.63, 3.8) is 0 Å². The molecule has 0 spiro atoms. The molecule has 7 nitrogen and oxygen atoms in total. The molecule has 0 aliphatic carbocycles. The van der Waals surface area contributed by atoms with Crippen LogP contribution in [0.25, 0.3) is 0 Å². The fourth-order valence-electron chi connectivity index (χ4n) is 3.95. The Kier molecular flexibility index (Phi) is 22.0. The van der Waals surface area contributed by atoms with Crippen LogP contribution in [-0.2, 0) is 23.7 Å². The van der Waals surface area contributed by atoms with Crippen LogP contribution in [0.15, 0.2) is 89.7 Å². The largest absolute Gasteiger partial charge is 0.473 e. The van der Waals surface area contributed by atoms with E-state index in [-0.39, 0.29) is 11.2 Å². The third-order valence-corrected chi connectivity index (χ3v) is 5.49. The Balaban J connectivity index is 0.000000276. The van der Waals surface area contributed by atoms with Crippen molar-refractivity contribution in [2.75, 3.05) is 46.2 Å². The molecule has 1 unspecified atom stereocenters. The van der Waals surface area contributed by atoms with Gasteiger partial charge in [-0.1, -0.05) is 36.4 Å². The second kappa shape index (κ2) is 24.6. The lowest BCUT2D eigenvalue weighted by Gasteiger charge is -2.30. The molecule has 1 atom stereocenters. The summed E-state index contributed by atoms with van der Waals surface area (Å²) in [6.45, 7) is 20.6. The lowest BCUT2D eigenvalue weighted by molar-refractivity contribution is -0.102. The second-order valence-electron chi connectivity index (χ2n) is 12.2. The highest BCUT2D eigenvalue weighted by molar-refractivity contribution is 5.30.